The lowest BCUT2D eigenvalue weighted by molar-refractivity contribution is 0.0437. The van der Waals surface area contributed by atoms with Gasteiger partial charge in [0.25, 0.3) is 0 Å². The molecular weight excluding hydrogens is 285 g/mol. The van der Waals surface area contributed by atoms with Crippen molar-refractivity contribution in [1.29, 1.82) is 0 Å². The molecule has 0 aliphatic heterocycles. The Morgan fingerprint density at radius 1 is 1.33 bits per heavy atom. The summed E-state index contributed by atoms with van der Waals surface area (Å²) in [7, 11) is 0. The lowest BCUT2D eigenvalue weighted by Crippen LogP contribution is -2.53. The fourth-order valence-corrected chi connectivity index (χ4v) is 3.64. The van der Waals surface area contributed by atoms with E-state index in [0.717, 1.165) is 24.9 Å². The van der Waals surface area contributed by atoms with Crippen LogP contribution in [-0.4, -0.2) is 12.6 Å². The van der Waals surface area contributed by atoms with Crippen LogP contribution in [0, 0.1) is 17.2 Å². The van der Waals surface area contributed by atoms with Gasteiger partial charge < -0.3 is 5.32 Å². The van der Waals surface area contributed by atoms with Crippen molar-refractivity contribution in [3.05, 3.63) is 34.6 Å². The summed E-state index contributed by atoms with van der Waals surface area (Å²) in [6, 6.07) is 5.29. The predicted molar refractivity (Wildman–Crippen MR) is 88.4 cm³/mol. The summed E-state index contributed by atoms with van der Waals surface area (Å²) in [5, 5.41) is 4.11. The Morgan fingerprint density at radius 3 is 2.43 bits per heavy atom. The molecule has 0 atom stereocenters. The van der Waals surface area contributed by atoms with Crippen LogP contribution in [0.1, 0.15) is 53.0 Å². The molecule has 0 radical (unpaired) electrons. The zero-order valence-electron chi connectivity index (χ0n) is 13.8. The SMILES string of the molecule is CC(C)NCC1(c2ccc(F)cc2Cl)CC(C(C)(C)C)C1. The zero-order valence-corrected chi connectivity index (χ0v) is 14.5. The molecule has 1 nitrogen and oxygen atoms in total. The molecule has 0 heterocycles. The summed E-state index contributed by atoms with van der Waals surface area (Å²) in [5.41, 5.74) is 1.46. The summed E-state index contributed by atoms with van der Waals surface area (Å²) >= 11 is 6.34. The Hall–Kier alpha value is -0.600. The van der Waals surface area contributed by atoms with Gasteiger partial charge in [-0.2, -0.15) is 0 Å². The van der Waals surface area contributed by atoms with Gasteiger partial charge in [-0.3, -0.25) is 0 Å². The van der Waals surface area contributed by atoms with E-state index in [1.165, 1.54) is 12.1 Å². The molecule has 0 bridgehead atoms. The molecule has 0 unspecified atom stereocenters. The fraction of sp³-hybridized carbons (Fsp3) is 0.667. The quantitative estimate of drug-likeness (QED) is 0.808. The third kappa shape index (κ3) is 3.60. The average molecular weight is 312 g/mol. The molecule has 1 aromatic rings. The van der Waals surface area contributed by atoms with Crippen molar-refractivity contribution >= 4 is 11.6 Å². The minimum atomic E-state index is -0.262. The van der Waals surface area contributed by atoms with Crippen LogP contribution >= 0.6 is 11.6 Å². The van der Waals surface area contributed by atoms with E-state index in [1.807, 2.05) is 6.07 Å². The second kappa shape index (κ2) is 5.89. The predicted octanol–water partition coefficient (Wildman–Crippen LogP) is 5.17. The smallest absolute Gasteiger partial charge is 0.124 e. The summed E-state index contributed by atoms with van der Waals surface area (Å²) in [6.45, 7) is 12.1. The number of hydrogen-bond acceptors (Lipinski definition) is 1. The molecule has 0 spiro atoms. The standard InChI is InChI=1S/C18H27ClFN/c1-12(2)21-11-18(9-13(10-18)17(3,4)5)15-7-6-14(20)8-16(15)19/h6-8,12-13,21H,9-11H2,1-5H3. The van der Waals surface area contributed by atoms with Gasteiger partial charge in [-0.1, -0.05) is 52.3 Å². The molecule has 0 saturated heterocycles. The van der Waals surface area contributed by atoms with Crippen molar-refractivity contribution in [2.24, 2.45) is 11.3 Å². The summed E-state index contributed by atoms with van der Waals surface area (Å²) in [5.74, 6) is 0.426. The summed E-state index contributed by atoms with van der Waals surface area (Å²) in [4.78, 5) is 0. The highest BCUT2D eigenvalue weighted by Crippen LogP contribution is 2.55. The highest BCUT2D eigenvalue weighted by atomic mass is 35.5. The summed E-state index contributed by atoms with van der Waals surface area (Å²) in [6.07, 6.45) is 2.23. The molecular formula is C18H27ClFN. The monoisotopic (exact) mass is 311 g/mol. The summed E-state index contributed by atoms with van der Waals surface area (Å²) < 4.78 is 13.3. The molecule has 2 rings (SSSR count). The maximum atomic E-state index is 13.3. The van der Waals surface area contributed by atoms with Crippen LogP contribution in [0.25, 0.3) is 0 Å². The van der Waals surface area contributed by atoms with Gasteiger partial charge >= 0.3 is 0 Å². The minimum absolute atomic E-state index is 0.0486. The first-order valence-electron chi connectivity index (χ1n) is 7.83. The second-order valence-corrected chi connectivity index (χ2v) is 8.32. The Kier molecular flexibility index (Phi) is 4.70. The van der Waals surface area contributed by atoms with Crippen LogP contribution in [0.5, 0.6) is 0 Å². The maximum Gasteiger partial charge on any atom is 0.124 e. The molecule has 0 aromatic heterocycles. The number of benzene rings is 1. The third-order valence-electron chi connectivity index (χ3n) is 4.85. The van der Waals surface area contributed by atoms with Crippen molar-refractivity contribution in [1.82, 2.24) is 5.32 Å². The van der Waals surface area contributed by atoms with Crippen molar-refractivity contribution < 1.29 is 4.39 Å². The number of halogens is 2. The highest BCUT2D eigenvalue weighted by molar-refractivity contribution is 6.31. The molecule has 1 aliphatic carbocycles. The molecule has 1 N–H and O–H groups in total. The fourth-order valence-electron chi connectivity index (χ4n) is 3.27. The van der Waals surface area contributed by atoms with Gasteiger partial charge in [0, 0.05) is 23.0 Å². The van der Waals surface area contributed by atoms with E-state index in [2.05, 4.69) is 39.9 Å². The van der Waals surface area contributed by atoms with Crippen molar-refractivity contribution in [3.63, 3.8) is 0 Å². The molecule has 1 aromatic carbocycles. The average Bonchev–Trinajstić information content (AvgIpc) is 2.27. The maximum absolute atomic E-state index is 13.3. The Labute approximate surface area is 133 Å². The number of nitrogens with one attached hydrogen (secondary N) is 1. The first-order chi connectivity index (χ1) is 9.64. The van der Waals surface area contributed by atoms with Gasteiger partial charge in [-0.05, 0) is 41.9 Å². The van der Waals surface area contributed by atoms with Crippen LogP contribution < -0.4 is 5.32 Å². The van der Waals surface area contributed by atoms with Crippen LogP contribution in [0.4, 0.5) is 4.39 Å². The first kappa shape index (κ1) is 16.8. The second-order valence-electron chi connectivity index (χ2n) is 7.91. The van der Waals surface area contributed by atoms with E-state index in [4.69, 9.17) is 11.6 Å². The Balaban J connectivity index is 2.26. The van der Waals surface area contributed by atoms with E-state index in [-0.39, 0.29) is 11.2 Å². The third-order valence-corrected chi connectivity index (χ3v) is 5.16. The van der Waals surface area contributed by atoms with Gasteiger partial charge in [0.05, 0.1) is 0 Å². The zero-order chi connectivity index (χ0) is 15.8. The van der Waals surface area contributed by atoms with Crippen LogP contribution in [0.3, 0.4) is 0 Å². The van der Waals surface area contributed by atoms with Crippen LogP contribution in [0.15, 0.2) is 18.2 Å². The minimum Gasteiger partial charge on any atom is -0.314 e. The van der Waals surface area contributed by atoms with Crippen LogP contribution in [-0.2, 0) is 5.41 Å². The Bertz CT molecular complexity index is 498. The van der Waals surface area contributed by atoms with Crippen molar-refractivity contribution in [2.75, 3.05) is 6.54 Å². The number of hydrogen-bond donors (Lipinski definition) is 1. The van der Waals surface area contributed by atoms with Gasteiger partial charge in [-0.15, -0.1) is 0 Å². The van der Waals surface area contributed by atoms with Crippen LogP contribution in [0.2, 0.25) is 5.02 Å². The van der Waals surface area contributed by atoms with E-state index in [1.54, 1.807) is 0 Å². The van der Waals surface area contributed by atoms with Crippen molar-refractivity contribution in [3.8, 4) is 0 Å². The lowest BCUT2D eigenvalue weighted by atomic mass is 9.52. The largest absolute Gasteiger partial charge is 0.314 e. The number of rotatable bonds is 4. The normalized spacial score (nSPS) is 26.0. The highest BCUT2D eigenvalue weighted by Gasteiger charge is 2.49. The molecule has 1 saturated carbocycles. The Morgan fingerprint density at radius 2 is 1.95 bits per heavy atom. The van der Waals surface area contributed by atoms with Crippen molar-refractivity contribution in [2.45, 2.75) is 58.9 Å². The lowest BCUT2D eigenvalue weighted by Gasteiger charge is -2.54. The van der Waals surface area contributed by atoms with Gasteiger partial charge in [0.2, 0.25) is 0 Å². The van der Waals surface area contributed by atoms with Gasteiger partial charge in [-0.25, -0.2) is 4.39 Å². The van der Waals surface area contributed by atoms with Gasteiger partial charge in [0.1, 0.15) is 5.82 Å². The van der Waals surface area contributed by atoms with E-state index < -0.39 is 0 Å². The molecule has 1 fully saturated rings. The molecule has 0 amide bonds. The first-order valence-corrected chi connectivity index (χ1v) is 8.21. The van der Waals surface area contributed by atoms with E-state index in [0.29, 0.717) is 22.4 Å². The van der Waals surface area contributed by atoms with E-state index in [9.17, 15) is 4.39 Å². The van der Waals surface area contributed by atoms with E-state index >= 15 is 0 Å². The molecule has 1 aliphatic rings. The molecule has 3 heteroatoms. The molecule has 118 valence electrons. The van der Waals surface area contributed by atoms with Gasteiger partial charge in [0.15, 0.2) is 0 Å². The molecule has 21 heavy (non-hydrogen) atoms. The topological polar surface area (TPSA) is 12.0 Å².